The van der Waals surface area contributed by atoms with Crippen LogP contribution >= 0.6 is 0 Å². The number of hydrogen-bond donors (Lipinski definition) is 2. The van der Waals surface area contributed by atoms with Crippen molar-refractivity contribution in [2.75, 3.05) is 19.7 Å². The molecule has 1 fully saturated rings. The molecule has 1 aliphatic carbocycles. The van der Waals surface area contributed by atoms with Crippen LogP contribution < -0.4 is 5.32 Å². The molecule has 0 saturated heterocycles. The average molecular weight is 275 g/mol. The lowest BCUT2D eigenvalue weighted by Crippen LogP contribution is -2.36. The molecule has 1 saturated carbocycles. The second-order valence-corrected chi connectivity index (χ2v) is 6.08. The summed E-state index contributed by atoms with van der Waals surface area (Å²) in [5.41, 5.74) is 2.75. The van der Waals surface area contributed by atoms with Gasteiger partial charge in [0, 0.05) is 13.1 Å². The minimum absolute atomic E-state index is 0.115. The summed E-state index contributed by atoms with van der Waals surface area (Å²) in [6.07, 6.45) is 5.62. The van der Waals surface area contributed by atoms with Crippen molar-refractivity contribution in [1.82, 2.24) is 5.32 Å². The highest BCUT2D eigenvalue weighted by atomic mass is 16.5. The minimum Gasteiger partial charge on any atom is -0.393 e. The lowest BCUT2D eigenvalue weighted by molar-refractivity contribution is 0.0357. The predicted molar refractivity (Wildman–Crippen MR) is 79.7 cm³/mol. The van der Waals surface area contributed by atoms with Gasteiger partial charge in [-0.2, -0.15) is 0 Å². The zero-order valence-corrected chi connectivity index (χ0v) is 12.1. The Balaban J connectivity index is 1.52. The molecule has 3 atom stereocenters. The van der Waals surface area contributed by atoms with Crippen molar-refractivity contribution in [2.24, 2.45) is 5.92 Å². The zero-order chi connectivity index (χ0) is 13.8. The number of hydrogen-bond acceptors (Lipinski definition) is 3. The summed E-state index contributed by atoms with van der Waals surface area (Å²) >= 11 is 0. The van der Waals surface area contributed by atoms with Crippen LogP contribution in [0.25, 0.3) is 0 Å². The first-order valence-corrected chi connectivity index (χ1v) is 7.93. The normalized spacial score (nSPS) is 29.9. The molecular weight excluding hydrogens is 250 g/mol. The van der Waals surface area contributed by atoms with Gasteiger partial charge in [0.05, 0.1) is 18.8 Å². The zero-order valence-electron chi connectivity index (χ0n) is 12.1. The molecule has 0 spiro atoms. The molecule has 1 aromatic rings. The molecule has 2 aliphatic rings. The Morgan fingerprint density at radius 1 is 1.15 bits per heavy atom. The van der Waals surface area contributed by atoms with Crippen LogP contribution in [0.4, 0.5) is 0 Å². The Morgan fingerprint density at radius 2 is 2.00 bits per heavy atom. The summed E-state index contributed by atoms with van der Waals surface area (Å²) in [5.74, 6) is 0.419. The smallest absolute Gasteiger partial charge is 0.0952 e. The summed E-state index contributed by atoms with van der Waals surface area (Å²) in [6.45, 7) is 2.57. The third kappa shape index (κ3) is 3.22. The second kappa shape index (κ2) is 6.70. The fraction of sp³-hybridized carbons (Fsp3) is 0.647. The first-order valence-electron chi connectivity index (χ1n) is 7.93. The van der Waals surface area contributed by atoms with Crippen molar-refractivity contribution >= 4 is 0 Å². The molecule has 0 bridgehead atoms. The van der Waals surface area contributed by atoms with Crippen LogP contribution in [0.5, 0.6) is 0 Å². The second-order valence-electron chi connectivity index (χ2n) is 6.08. The van der Waals surface area contributed by atoms with Crippen LogP contribution in [0.3, 0.4) is 0 Å². The molecule has 0 amide bonds. The molecule has 110 valence electrons. The van der Waals surface area contributed by atoms with E-state index in [1.807, 2.05) is 0 Å². The van der Waals surface area contributed by atoms with E-state index in [-0.39, 0.29) is 12.2 Å². The maximum absolute atomic E-state index is 9.99. The molecule has 3 unspecified atom stereocenters. The number of fused-ring (bicyclic) bond motifs is 1. The van der Waals surface area contributed by atoms with Crippen molar-refractivity contribution < 1.29 is 9.84 Å². The Kier molecular flexibility index (Phi) is 4.71. The fourth-order valence-electron chi connectivity index (χ4n) is 3.47. The van der Waals surface area contributed by atoms with E-state index < -0.39 is 0 Å². The molecule has 3 rings (SSSR count). The topological polar surface area (TPSA) is 41.5 Å². The highest BCUT2D eigenvalue weighted by molar-refractivity contribution is 5.31. The van der Waals surface area contributed by atoms with E-state index in [1.165, 1.54) is 24.0 Å². The molecular formula is C17H25NO2. The van der Waals surface area contributed by atoms with Crippen molar-refractivity contribution in [1.29, 1.82) is 0 Å². The Labute approximate surface area is 121 Å². The van der Waals surface area contributed by atoms with E-state index in [4.69, 9.17) is 4.74 Å². The average Bonchev–Trinajstić information content (AvgIpc) is 2.49. The maximum atomic E-state index is 9.99. The largest absolute Gasteiger partial charge is 0.393 e. The van der Waals surface area contributed by atoms with Crippen LogP contribution in [-0.4, -0.2) is 30.9 Å². The van der Waals surface area contributed by atoms with E-state index in [0.717, 1.165) is 39.0 Å². The quantitative estimate of drug-likeness (QED) is 0.887. The van der Waals surface area contributed by atoms with Crippen LogP contribution in [0.2, 0.25) is 0 Å². The third-order valence-electron chi connectivity index (χ3n) is 4.70. The molecule has 3 heteroatoms. The van der Waals surface area contributed by atoms with Gasteiger partial charge in [0.2, 0.25) is 0 Å². The molecule has 1 aromatic carbocycles. The Hall–Kier alpha value is -0.900. The molecule has 20 heavy (non-hydrogen) atoms. The van der Waals surface area contributed by atoms with E-state index in [9.17, 15) is 5.11 Å². The fourth-order valence-corrected chi connectivity index (χ4v) is 3.47. The van der Waals surface area contributed by atoms with Crippen LogP contribution in [0.15, 0.2) is 24.3 Å². The lowest BCUT2D eigenvalue weighted by Gasteiger charge is -2.30. The predicted octanol–water partition coefficient (Wildman–Crippen LogP) is 2.44. The van der Waals surface area contributed by atoms with Gasteiger partial charge in [-0.05, 0) is 36.3 Å². The standard InChI is InChI=1S/C17H25NO2/c19-16-8-4-2-6-14(16)11-18-12-17-15-7-3-1-5-13(15)9-10-20-17/h1,3,5,7,14,16-19H,2,4,6,8-12H2. The minimum atomic E-state index is -0.115. The van der Waals surface area contributed by atoms with E-state index >= 15 is 0 Å². The van der Waals surface area contributed by atoms with Gasteiger partial charge >= 0.3 is 0 Å². The molecule has 0 radical (unpaired) electrons. The van der Waals surface area contributed by atoms with Crippen molar-refractivity contribution in [3.63, 3.8) is 0 Å². The molecule has 2 N–H and O–H groups in total. The SMILES string of the molecule is OC1CCCCC1CNCC1OCCc2ccccc21. The lowest BCUT2D eigenvalue weighted by atomic mass is 9.86. The summed E-state index contributed by atoms with van der Waals surface area (Å²) in [4.78, 5) is 0. The van der Waals surface area contributed by atoms with Gasteiger partial charge in [-0.1, -0.05) is 37.1 Å². The van der Waals surface area contributed by atoms with Gasteiger partial charge in [-0.25, -0.2) is 0 Å². The highest BCUT2D eigenvalue weighted by Crippen LogP contribution is 2.27. The summed E-state index contributed by atoms with van der Waals surface area (Å²) < 4.78 is 5.90. The first-order chi connectivity index (χ1) is 9.84. The van der Waals surface area contributed by atoms with Gasteiger partial charge in [-0.3, -0.25) is 0 Å². The van der Waals surface area contributed by atoms with Gasteiger partial charge < -0.3 is 15.2 Å². The number of benzene rings is 1. The molecule has 1 heterocycles. The van der Waals surface area contributed by atoms with Crippen molar-refractivity contribution in [3.8, 4) is 0 Å². The number of aliphatic hydroxyl groups is 1. The molecule has 0 aromatic heterocycles. The summed E-state index contributed by atoms with van der Waals surface area (Å²) in [6, 6.07) is 8.57. The van der Waals surface area contributed by atoms with Crippen LogP contribution in [0.1, 0.15) is 42.9 Å². The molecule has 1 aliphatic heterocycles. The first kappa shape index (κ1) is 14.1. The van der Waals surface area contributed by atoms with Gasteiger partial charge in [-0.15, -0.1) is 0 Å². The van der Waals surface area contributed by atoms with Crippen molar-refractivity contribution in [3.05, 3.63) is 35.4 Å². The number of aliphatic hydroxyl groups excluding tert-OH is 1. The number of nitrogens with one attached hydrogen (secondary N) is 1. The van der Waals surface area contributed by atoms with E-state index in [0.29, 0.717) is 5.92 Å². The maximum Gasteiger partial charge on any atom is 0.0952 e. The van der Waals surface area contributed by atoms with Crippen LogP contribution in [0, 0.1) is 5.92 Å². The third-order valence-corrected chi connectivity index (χ3v) is 4.70. The molecule has 3 nitrogen and oxygen atoms in total. The Morgan fingerprint density at radius 3 is 2.90 bits per heavy atom. The summed E-state index contributed by atoms with van der Waals surface area (Å²) in [7, 11) is 0. The number of ether oxygens (including phenoxy) is 1. The van der Waals surface area contributed by atoms with Gasteiger partial charge in [0.1, 0.15) is 0 Å². The monoisotopic (exact) mass is 275 g/mol. The number of rotatable bonds is 4. The summed E-state index contributed by atoms with van der Waals surface area (Å²) in [5, 5.41) is 13.5. The van der Waals surface area contributed by atoms with Gasteiger partial charge in [0.25, 0.3) is 0 Å². The van der Waals surface area contributed by atoms with E-state index in [2.05, 4.69) is 29.6 Å². The van der Waals surface area contributed by atoms with E-state index in [1.54, 1.807) is 0 Å². The van der Waals surface area contributed by atoms with Gasteiger partial charge in [0.15, 0.2) is 0 Å². The Bertz CT molecular complexity index is 435. The van der Waals surface area contributed by atoms with Crippen LogP contribution in [-0.2, 0) is 11.2 Å². The van der Waals surface area contributed by atoms with Crippen molar-refractivity contribution in [2.45, 2.75) is 44.3 Å². The highest BCUT2D eigenvalue weighted by Gasteiger charge is 2.24.